The fourth-order valence-electron chi connectivity index (χ4n) is 4.20. The number of fused-ring (bicyclic) bond motifs is 1. The average Bonchev–Trinajstić information content (AvgIpc) is 3.49. The lowest BCUT2D eigenvalue weighted by Gasteiger charge is -2.15. The molecule has 0 spiro atoms. The maximum absolute atomic E-state index is 12.6. The second-order valence-electron chi connectivity index (χ2n) is 8.55. The lowest BCUT2D eigenvalue weighted by atomic mass is 10.2. The summed E-state index contributed by atoms with van der Waals surface area (Å²) in [6.45, 7) is 1.12. The molecule has 35 heavy (non-hydrogen) atoms. The highest BCUT2D eigenvalue weighted by molar-refractivity contribution is 5.98. The van der Waals surface area contributed by atoms with Gasteiger partial charge in [0.15, 0.2) is 11.5 Å². The van der Waals surface area contributed by atoms with Crippen molar-refractivity contribution >= 4 is 23.3 Å². The van der Waals surface area contributed by atoms with E-state index in [4.69, 9.17) is 9.47 Å². The van der Waals surface area contributed by atoms with Crippen LogP contribution in [0.4, 0.5) is 11.5 Å². The molecule has 0 unspecified atom stereocenters. The molecule has 5 rings (SSSR count). The monoisotopic (exact) mass is 476 g/mol. The predicted octanol–water partition coefficient (Wildman–Crippen LogP) is 3.30. The first-order valence-electron chi connectivity index (χ1n) is 11.8. The van der Waals surface area contributed by atoms with Gasteiger partial charge >= 0.3 is 0 Å². The Balaban J connectivity index is 1.15. The molecule has 3 aromatic rings. The smallest absolute Gasteiger partial charge is 0.285 e. The number of amides is 2. The normalized spacial score (nSPS) is 15.8. The molecule has 10 nitrogen and oxygen atoms in total. The number of hydrogen-bond acceptors (Lipinski definition) is 7. The summed E-state index contributed by atoms with van der Waals surface area (Å²) in [7, 11) is 0. The van der Waals surface area contributed by atoms with Crippen LogP contribution in [0.1, 0.15) is 36.2 Å². The van der Waals surface area contributed by atoms with Crippen LogP contribution >= 0.6 is 0 Å². The summed E-state index contributed by atoms with van der Waals surface area (Å²) in [6, 6.07) is 14.7. The van der Waals surface area contributed by atoms with Crippen LogP contribution in [0.3, 0.4) is 0 Å². The van der Waals surface area contributed by atoms with Crippen LogP contribution in [0.2, 0.25) is 0 Å². The van der Waals surface area contributed by atoms with E-state index in [9.17, 15) is 9.59 Å². The van der Waals surface area contributed by atoms with Crippen molar-refractivity contribution in [3.8, 4) is 17.2 Å². The molecular weight excluding hydrogens is 448 g/mol. The van der Waals surface area contributed by atoms with Gasteiger partial charge in [0, 0.05) is 18.8 Å². The lowest BCUT2D eigenvalue weighted by Crippen LogP contribution is -2.43. The Kier molecular flexibility index (Phi) is 6.80. The zero-order valence-corrected chi connectivity index (χ0v) is 19.3. The number of rotatable bonds is 7. The Morgan fingerprint density at radius 2 is 1.69 bits per heavy atom. The molecule has 2 amide bonds. The van der Waals surface area contributed by atoms with Gasteiger partial charge in [0.05, 0.1) is 12.4 Å². The quantitative estimate of drug-likeness (QED) is 0.413. The van der Waals surface area contributed by atoms with Crippen molar-refractivity contribution in [1.82, 2.24) is 20.4 Å². The van der Waals surface area contributed by atoms with Gasteiger partial charge in [-0.05, 0) is 74.2 Å². The number of ether oxygens (including phenoxy) is 2. The summed E-state index contributed by atoms with van der Waals surface area (Å²) in [5.41, 5.74) is 6.32. The van der Waals surface area contributed by atoms with E-state index < -0.39 is 0 Å². The van der Waals surface area contributed by atoms with Crippen molar-refractivity contribution in [2.75, 3.05) is 23.7 Å². The molecule has 2 aromatic carbocycles. The fraction of sp³-hybridized carbons (Fsp3) is 0.320. The third-order valence-electron chi connectivity index (χ3n) is 5.91. The maximum atomic E-state index is 12.6. The van der Waals surface area contributed by atoms with E-state index >= 15 is 0 Å². The number of hydrogen-bond donors (Lipinski definition) is 4. The number of carbonyl (C=O) groups is 2. The zero-order valence-electron chi connectivity index (χ0n) is 19.3. The summed E-state index contributed by atoms with van der Waals surface area (Å²) in [6.07, 6.45) is 6.51. The van der Waals surface area contributed by atoms with Crippen LogP contribution < -0.4 is 31.0 Å². The van der Waals surface area contributed by atoms with Gasteiger partial charge in [-0.3, -0.25) is 15.0 Å². The van der Waals surface area contributed by atoms with Crippen molar-refractivity contribution in [3.63, 3.8) is 0 Å². The van der Waals surface area contributed by atoms with Crippen molar-refractivity contribution in [2.24, 2.45) is 0 Å². The molecule has 1 aliphatic heterocycles. The van der Waals surface area contributed by atoms with Crippen molar-refractivity contribution < 1.29 is 19.1 Å². The Bertz CT molecular complexity index is 1170. The van der Waals surface area contributed by atoms with Gasteiger partial charge < -0.3 is 24.7 Å². The van der Waals surface area contributed by atoms with E-state index in [1.807, 2.05) is 24.3 Å². The summed E-state index contributed by atoms with van der Waals surface area (Å²) in [5, 5.41) is 5.91. The van der Waals surface area contributed by atoms with Crippen molar-refractivity contribution in [2.45, 2.75) is 38.3 Å². The molecule has 182 valence electrons. The van der Waals surface area contributed by atoms with Gasteiger partial charge in [-0.25, -0.2) is 10.4 Å². The molecule has 10 heteroatoms. The first kappa shape index (κ1) is 22.7. The molecule has 2 aliphatic rings. The molecule has 0 bridgehead atoms. The minimum absolute atomic E-state index is 0.0506. The highest BCUT2D eigenvalue weighted by Crippen LogP contribution is 2.28. The van der Waals surface area contributed by atoms with Gasteiger partial charge in [-0.15, -0.1) is 0 Å². The Morgan fingerprint density at radius 3 is 2.43 bits per heavy atom. The van der Waals surface area contributed by atoms with E-state index in [1.54, 1.807) is 24.3 Å². The summed E-state index contributed by atoms with van der Waals surface area (Å²) in [5.74, 6) is 2.04. The zero-order chi connectivity index (χ0) is 24.0. The predicted molar refractivity (Wildman–Crippen MR) is 131 cm³/mol. The summed E-state index contributed by atoms with van der Waals surface area (Å²) >= 11 is 0. The van der Waals surface area contributed by atoms with Gasteiger partial charge in [-0.1, -0.05) is 0 Å². The van der Waals surface area contributed by atoms with Crippen molar-refractivity contribution in [1.29, 1.82) is 0 Å². The Labute approximate surface area is 203 Å². The summed E-state index contributed by atoms with van der Waals surface area (Å²) in [4.78, 5) is 29.1. The van der Waals surface area contributed by atoms with E-state index in [2.05, 4.69) is 26.5 Å². The summed E-state index contributed by atoms with van der Waals surface area (Å²) < 4.78 is 13.4. The number of hydrazine groups is 1. The highest BCUT2D eigenvalue weighted by Gasteiger charge is 2.21. The van der Waals surface area contributed by atoms with E-state index in [0.29, 0.717) is 47.9 Å². The second kappa shape index (κ2) is 10.5. The van der Waals surface area contributed by atoms with E-state index in [-0.39, 0.29) is 18.4 Å². The fourth-order valence-corrected chi connectivity index (χ4v) is 4.20. The van der Waals surface area contributed by atoms with Crippen LogP contribution in [-0.4, -0.2) is 40.6 Å². The van der Waals surface area contributed by atoms with Gasteiger partial charge in [-0.2, -0.15) is 0 Å². The third kappa shape index (κ3) is 5.72. The first-order chi connectivity index (χ1) is 17.1. The van der Waals surface area contributed by atoms with Gasteiger partial charge in [0.1, 0.15) is 23.8 Å². The molecule has 1 aromatic heterocycles. The van der Waals surface area contributed by atoms with E-state index in [1.165, 1.54) is 23.7 Å². The van der Waals surface area contributed by atoms with Crippen LogP contribution in [-0.2, 0) is 11.3 Å². The highest BCUT2D eigenvalue weighted by atomic mass is 16.5. The van der Waals surface area contributed by atoms with Gasteiger partial charge in [0.2, 0.25) is 5.91 Å². The number of imidazole rings is 1. The Hall–Kier alpha value is -4.05. The third-order valence-corrected chi connectivity index (χ3v) is 5.91. The molecular formula is C25H28N6O4. The van der Waals surface area contributed by atoms with Crippen molar-refractivity contribution in [3.05, 3.63) is 60.6 Å². The lowest BCUT2D eigenvalue weighted by molar-refractivity contribution is -0.116. The van der Waals surface area contributed by atoms with Gasteiger partial charge in [0.25, 0.3) is 5.91 Å². The molecule has 0 atom stereocenters. The molecule has 1 saturated carbocycles. The van der Waals surface area contributed by atoms with E-state index in [0.717, 1.165) is 18.6 Å². The maximum Gasteiger partial charge on any atom is 0.285 e. The SMILES string of the molecule is O=C(Cn1cnc2c1C(=O)NNCCN2)Nc1ccc(Oc2ccc(OC3CCCC3)cc2)cc1. The minimum atomic E-state index is -0.350. The molecule has 0 radical (unpaired) electrons. The van der Waals surface area contributed by atoms with Crippen LogP contribution in [0.25, 0.3) is 0 Å². The number of nitrogens with one attached hydrogen (secondary N) is 4. The average molecular weight is 477 g/mol. The number of carbonyl (C=O) groups excluding carboxylic acids is 2. The number of benzene rings is 2. The number of aromatic nitrogens is 2. The van der Waals surface area contributed by atoms with Crippen LogP contribution in [0.15, 0.2) is 54.9 Å². The molecule has 0 saturated heterocycles. The van der Waals surface area contributed by atoms with Crippen LogP contribution in [0.5, 0.6) is 17.2 Å². The standard InChI is InChI=1S/C25H28N6O4/c32-22(15-31-16-27-24-23(31)25(33)30-28-14-13-26-24)29-17-5-7-19(8-6-17)35-21-11-9-20(10-12-21)34-18-3-1-2-4-18/h5-12,16,18,26,28H,1-4,13-15H2,(H,29,32)(H,30,33). The number of nitrogens with zero attached hydrogens (tertiary/aromatic N) is 2. The number of anilines is 2. The second-order valence-corrected chi connectivity index (χ2v) is 8.55. The Morgan fingerprint density at radius 1 is 1.00 bits per heavy atom. The molecule has 4 N–H and O–H groups in total. The van der Waals surface area contributed by atoms with Crippen LogP contribution in [0, 0.1) is 0 Å². The largest absolute Gasteiger partial charge is 0.490 e. The molecule has 1 aliphatic carbocycles. The minimum Gasteiger partial charge on any atom is -0.490 e. The molecule has 2 heterocycles. The first-order valence-corrected chi connectivity index (χ1v) is 11.8. The topological polar surface area (TPSA) is 119 Å². The molecule has 1 fully saturated rings.